The van der Waals surface area contributed by atoms with Gasteiger partial charge in [-0.15, -0.1) is 0 Å². The highest BCUT2D eigenvalue weighted by atomic mass is 35.5. The Labute approximate surface area is 153 Å². The van der Waals surface area contributed by atoms with Crippen LogP contribution >= 0.6 is 11.6 Å². The second-order valence-corrected chi connectivity index (χ2v) is 8.02. The zero-order valence-electron chi connectivity index (χ0n) is 14.7. The summed E-state index contributed by atoms with van der Waals surface area (Å²) in [7, 11) is 0. The van der Waals surface area contributed by atoms with E-state index in [1.807, 2.05) is 0 Å². The number of carbonyl (C=O) groups is 1. The number of hydrogen-bond acceptors (Lipinski definition) is 5. The molecule has 2 unspecified atom stereocenters. The van der Waals surface area contributed by atoms with Crippen LogP contribution in [0.5, 0.6) is 0 Å². The van der Waals surface area contributed by atoms with Gasteiger partial charge in [-0.05, 0) is 45.7 Å². The average Bonchev–Trinajstić information content (AvgIpc) is 2.85. The van der Waals surface area contributed by atoms with Crippen LogP contribution in [0.4, 0.5) is 16.2 Å². The molecule has 0 aliphatic carbocycles. The van der Waals surface area contributed by atoms with E-state index in [1.54, 1.807) is 32.9 Å². The van der Waals surface area contributed by atoms with Gasteiger partial charge < -0.3 is 15.0 Å². The van der Waals surface area contributed by atoms with E-state index in [1.165, 1.54) is 0 Å². The predicted molar refractivity (Wildman–Crippen MR) is 98.2 cm³/mol. The molecule has 6 nitrogen and oxygen atoms in total. The highest BCUT2D eigenvalue weighted by molar-refractivity contribution is 6.36. The van der Waals surface area contributed by atoms with Crippen LogP contribution in [0.1, 0.15) is 39.2 Å². The molecule has 2 heterocycles. The Balaban J connectivity index is 1.87. The number of nitriles is 1. The minimum atomic E-state index is -0.607. The number of benzene rings is 1. The standard InChI is InChI=1S/C18H23ClN4O2/c1-18(2,3)25-17(24)22-14-6-11(8-20)7-15(16(14)19)23-9-12-4-5-13(10-23)21-12/h6-7,12-13,21H,4-5,9-10H2,1-3H3,(H,22,24). The van der Waals surface area contributed by atoms with Gasteiger partial charge in [-0.1, -0.05) is 11.6 Å². The number of nitrogens with zero attached hydrogens (tertiary/aromatic N) is 2. The summed E-state index contributed by atoms with van der Waals surface area (Å²) < 4.78 is 5.28. The number of anilines is 2. The van der Waals surface area contributed by atoms with Crippen LogP contribution in [0.3, 0.4) is 0 Å². The SMILES string of the molecule is CC(C)(C)OC(=O)Nc1cc(C#N)cc(N2CC3CCC(C2)N3)c1Cl. The topological polar surface area (TPSA) is 77.4 Å². The zero-order valence-corrected chi connectivity index (χ0v) is 15.5. The van der Waals surface area contributed by atoms with Gasteiger partial charge in [0.05, 0.1) is 28.0 Å². The molecule has 2 fully saturated rings. The first-order valence-corrected chi connectivity index (χ1v) is 8.87. The maximum atomic E-state index is 12.1. The summed E-state index contributed by atoms with van der Waals surface area (Å²) in [6, 6.07) is 6.40. The van der Waals surface area contributed by atoms with Crippen LogP contribution < -0.4 is 15.5 Å². The maximum Gasteiger partial charge on any atom is 0.412 e. The summed E-state index contributed by atoms with van der Waals surface area (Å²) >= 11 is 6.56. The van der Waals surface area contributed by atoms with Crippen molar-refractivity contribution in [3.05, 3.63) is 22.7 Å². The van der Waals surface area contributed by atoms with Gasteiger partial charge in [-0.25, -0.2) is 4.79 Å². The van der Waals surface area contributed by atoms with Crippen molar-refractivity contribution in [1.29, 1.82) is 5.26 Å². The molecule has 0 aromatic heterocycles. The quantitative estimate of drug-likeness (QED) is 0.841. The molecule has 2 aliphatic rings. The van der Waals surface area contributed by atoms with Gasteiger partial charge in [0.15, 0.2) is 0 Å². The molecule has 2 saturated heterocycles. The minimum Gasteiger partial charge on any atom is -0.444 e. The monoisotopic (exact) mass is 362 g/mol. The molecule has 2 N–H and O–H groups in total. The zero-order chi connectivity index (χ0) is 18.2. The van der Waals surface area contributed by atoms with Crippen molar-refractivity contribution in [2.75, 3.05) is 23.3 Å². The van der Waals surface area contributed by atoms with Crippen molar-refractivity contribution in [3.8, 4) is 6.07 Å². The third-order valence-electron chi connectivity index (χ3n) is 4.38. The highest BCUT2D eigenvalue weighted by Gasteiger charge is 2.33. The molecule has 1 aromatic carbocycles. The molecule has 2 aliphatic heterocycles. The molecule has 25 heavy (non-hydrogen) atoms. The van der Waals surface area contributed by atoms with Crippen LogP contribution in [0.25, 0.3) is 0 Å². The lowest BCUT2D eigenvalue weighted by atomic mass is 10.1. The van der Waals surface area contributed by atoms with Crippen LogP contribution in [-0.4, -0.2) is 36.9 Å². The Morgan fingerprint density at radius 2 is 2.00 bits per heavy atom. The molecule has 0 saturated carbocycles. The van der Waals surface area contributed by atoms with Gasteiger partial charge in [0.2, 0.25) is 0 Å². The second kappa shape index (κ2) is 6.74. The van der Waals surface area contributed by atoms with Crippen LogP contribution in [0, 0.1) is 11.3 Å². The van der Waals surface area contributed by atoms with E-state index >= 15 is 0 Å². The molecule has 2 atom stereocenters. The fourth-order valence-corrected chi connectivity index (χ4v) is 3.68. The van der Waals surface area contributed by atoms with E-state index in [-0.39, 0.29) is 0 Å². The number of piperazine rings is 1. The third kappa shape index (κ3) is 4.17. The molecular weight excluding hydrogens is 340 g/mol. The first kappa shape index (κ1) is 17.8. The fraction of sp³-hybridized carbons (Fsp3) is 0.556. The lowest BCUT2D eigenvalue weighted by Gasteiger charge is -2.35. The third-order valence-corrected chi connectivity index (χ3v) is 4.77. The molecule has 1 aromatic rings. The van der Waals surface area contributed by atoms with Crippen LogP contribution in [-0.2, 0) is 4.74 Å². The van der Waals surface area contributed by atoms with Gasteiger partial charge in [0.25, 0.3) is 0 Å². The van der Waals surface area contributed by atoms with Crippen molar-refractivity contribution in [3.63, 3.8) is 0 Å². The molecule has 7 heteroatoms. The summed E-state index contributed by atoms with van der Waals surface area (Å²) in [4.78, 5) is 14.3. The number of rotatable bonds is 2. The first-order chi connectivity index (χ1) is 11.7. The number of fused-ring (bicyclic) bond motifs is 2. The Hall–Kier alpha value is -1.97. The first-order valence-electron chi connectivity index (χ1n) is 8.50. The molecule has 0 radical (unpaired) electrons. The van der Waals surface area contributed by atoms with E-state index in [0.717, 1.165) is 31.6 Å². The number of carbonyl (C=O) groups excluding carboxylic acids is 1. The number of hydrogen-bond donors (Lipinski definition) is 2. The minimum absolute atomic E-state index is 0.399. The number of ether oxygens (including phenoxy) is 1. The molecule has 2 bridgehead atoms. The summed E-state index contributed by atoms with van der Waals surface area (Å²) in [5.74, 6) is 0. The predicted octanol–water partition coefficient (Wildman–Crippen LogP) is 3.50. The van der Waals surface area contributed by atoms with Crippen molar-refractivity contribution in [2.24, 2.45) is 0 Å². The Kier molecular flexibility index (Phi) is 4.81. The molecule has 1 amide bonds. The second-order valence-electron chi connectivity index (χ2n) is 7.64. The van der Waals surface area contributed by atoms with Crippen LogP contribution in [0.15, 0.2) is 12.1 Å². The van der Waals surface area contributed by atoms with E-state index < -0.39 is 11.7 Å². The summed E-state index contributed by atoms with van der Waals surface area (Å²) in [5.41, 5.74) is 1.03. The normalized spacial score (nSPS) is 22.4. The van der Waals surface area contributed by atoms with Gasteiger partial charge in [0.1, 0.15) is 5.60 Å². The van der Waals surface area contributed by atoms with E-state index in [9.17, 15) is 10.1 Å². The molecule has 3 rings (SSSR count). The fourth-order valence-electron chi connectivity index (χ4n) is 3.40. The van der Waals surface area contributed by atoms with E-state index in [0.29, 0.717) is 28.4 Å². The molecule has 0 spiro atoms. The van der Waals surface area contributed by atoms with Crippen molar-refractivity contribution < 1.29 is 9.53 Å². The Morgan fingerprint density at radius 3 is 2.56 bits per heavy atom. The lowest BCUT2D eigenvalue weighted by molar-refractivity contribution is 0.0636. The van der Waals surface area contributed by atoms with E-state index in [4.69, 9.17) is 16.3 Å². The smallest absolute Gasteiger partial charge is 0.412 e. The van der Waals surface area contributed by atoms with Gasteiger partial charge in [-0.3, -0.25) is 5.32 Å². The number of nitrogens with one attached hydrogen (secondary N) is 2. The van der Waals surface area contributed by atoms with Gasteiger partial charge in [-0.2, -0.15) is 5.26 Å². The summed E-state index contributed by atoms with van der Waals surface area (Å²) in [5, 5.41) is 16.0. The average molecular weight is 363 g/mol. The van der Waals surface area contributed by atoms with Gasteiger partial charge >= 0.3 is 6.09 Å². The van der Waals surface area contributed by atoms with Crippen molar-refractivity contribution in [2.45, 2.75) is 51.3 Å². The highest BCUT2D eigenvalue weighted by Crippen LogP contribution is 2.37. The van der Waals surface area contributed by atoms with Crippen molar-refractivity contribution in [1.82, 2.24) is 5.32 Å². The van der Waals surface area contributed by atoms with Crippen LogP contribution in [0.2, 0.25) is 5.02 Å². The number of amides is 1. The summed E-state index contributed by atoms with van der Waals surface area (Å²) in [6.45, 7) is 7.07. The van der Waals surface area contributed by atoms with Gasteiger partial charge in [0, 0.05) is 25.2 Å². The Morgan fingerprint density at radius 1 is 1.36 bits per heavy atom. The molecular formula is C18H23ClN4O2. The Bertz CT molecular complexity index is 711. The largest absolute Gasteiger partial charge is 0.444 e. The molecule has 134 valence electrons. The maximum absolute atomic E-state index is 12.1. The summed E-state index contributed by atoms with van der Waals surface area (Å²) in [6.07, 6.45) is 1.72. The number of halogens is 1. The van der Waals surface area contributed by atoms with Crippen molar-refractivity contribution >= 4 is 29.1 Å². The lowest BCUT2D eigenvalue weighted by Crippen LogP contribution is -2.51. The van der Waals surface area contributed by atoms with E-state index in [2.05, 4.69) is 21.6 Å².